The fourth-order valence-electron chi connectivity index (χ4n) is 1.09. The zero-order chi connectivity index (χ0) is 10.4. The third-order valence-electron chi connectivity index (χ3n) is 1.92. The topological polar surface area (TPSA) is 20.2 Å². The standard InChI is InChI=1S/C13H14O/c1-11-6-8-13(9-7-11)12(2)5-3-4-10-14/h3-10,14H,2H2,1H3/b5-3-,10-4-. The van der Waals surface area contributed by atoms with Gasteiger partial charge in [-0.25, -0.2) is 0 Å². The van der Waals surface area contributed by atoms with Crippen LogP contribution in [0.5, 0.6) is 0 Å². The molecule has 0 aromatic heterocycles. The van der Waals surface area contributed by atoms with Gasteiger partial charge in [-0.2, -0.15) is 0 Å². The van der Waals surface area contributed by atoms with Crippen molar-refractivity contribution in [2.45, 2.75) is 6.92 Å². The van der Waals surface area contributed by atoms with Crippen LogP contribution in [0.3, 0.4) is 0 Å². The maximum Gasteiger partial charge on any atom is 0.0791 e. The van der Waals surface area contributed by atoms with Crippen LogP contribution < -0.4 is 0 Å². The second kappa shape index (κ2) is 5.07. The van der Waals surface area contributed by atoms with E-state index in [1.54, 1.807) is 12.2 Å². The molecule has 1 rings (SSSR count). The summed E-state index contributed by atoms with van der Waals surface area (Å²) >= 11 is 0. The number of benzene rings is 1. The van der Waals surface area contributed by atoms with Gasteiger partial charge in [0.1, 0.15) is 0 Å². The molecule has 0 unspecified atom stereocenters. The molecule has 1 N–H and O–H groups in total. The van der Waals surface area contributed by atoms with Crippen molar-refractivity contribution in [2.24, 2.45) is 0 Å². The van der Waals surface area contributed by atoms with Crippen LogP contribution in [-0.2, 0) is 0 Å². The molecule has 0 aliphatic heterocycles. The minimum Gasteiger partial charge on any atom is -0.516 e. The van der Waals surface area contributed by atoms with Gasteiger partial charge in [-0.05, 0) is 24.1 Å². The molecule has 0 radical (unpaired) electrons. The van der Waals surface area contributed by atoms with Crippen LogP contribution in [0, 0.1) is 6.92 Å². The van der Waals surface area contributed by atoms with Gasteiger partial charge in [-0.15, -0.1) is 0 Å². The summed E-state index contributed by atoms with van der Waals surface area (Å²) < 4.78 is 0. The van der Waals surface area contributed by atoms with Crippen LogP contribution in [-0.4, -0.2) is 5.11 Å². The summed E-state index contributed by atoms with van der Waals surface area (Å²) in [4.78, 5) is 0. The van der Waals surface area contributed by atoms with Gasteiger partial charge >= 0.3 is 0 Å². The first-order valence-corrected chi connectivity index (χ1v) is 4.47. The van der Waals surface area contributed by atoms with Crippen molar-refractivity contribution in [2.75, 3.05) is 0 Å². The van der Waals surface area contributed by atoms with E-state index in [4.69, 9.17) is 5.11 Å². The fourth-order valence-corrected chi connectivity index (χ4v) is 1.09. The lowest BCUT2D eigenvalue weighted by atomic mass is 10.1. The number of aryl methyl sites for hydroxylation is 1. The normalized spacial score (nSPS) is 11.2. The van der Waals surface area contributed by atoms with Gasteiger partial charge in [0.05, 0.1) is 6.26 Å². The Kier molecular flexibility index (Phi) is 3.74. The van der Waals surface area contributed by atoms with E-state index >= 15 is 0 Å². The number of aliphatic hydroxyl groups is 1. The molecule has 0 bridgehead atoms. The summed E-state index contributed by atoms with van der Waals surface area (Å²) in [5.41, 5.74) is 3.27. The first kappa shape index (κ1) is 10.3. The number of rotatable bonds is 3. The Morgan fingerprint density at radius 1 is 1.21 bits per heavy atom. The van der Waals surface area contributed by atoms with Gasteiger partial charge in [0.15, 0.2) is 0 Å². The highest BCUT2D eigenvalue weighted by Gasteiger charge is 1.92. The fraction of sp³-hybridized carbons (Fsp3) is 0.0769. The van der Waals surface area contributed by atoms with Gasteiger partial charge < -0.3 is 5.11 Å². The Morgan fingerprint density at radius 3 is 2.43 bits per heavy atom. The lowest BCUT2D eigenvalue weighted by molar-refractivity contribution is 0.474. The summed E-state index contributed by atoms with van der Waals surface area (Å²) in [7, 11) is 0. The first-order valence-electron chi connectivity index (χ1n) is 4.47. The predicted molar refractivity (Wildman–Crippen MR) is 61.1 cm³/mol. The molecule has 0 saturated heterocycles. The summed E-state index contributed by atoms with van der Waals surface area (Å²) in [6.45, 7) is 5.98. The second-order valence-corrected chi connectivity index (χ2v) is 3.09. The average Bonchev–Trinajstić information content (AvgIpc) is 2.19. The van der Waals surface area contributed by atoms with E-state index in [0.717, 1.165) is 17.4 Å². The van der Waals surface area contributed by atoms with Crippen molar-refractivity contribution in [1.82, 2.24) is 0 Å². The van der Waals surface area contributed by atoms with E-state index in [0.29, 0.717) is 0 Å². The molecule has 0 aliphatic carbocycles. The van der Waals surface area contributed by atoms with Crippen LogP contribution in [0.2, 0.25) is 0 Å². The zero-order valence-electron chi connectivity index (χ0n) is 8.27. The minimum atomic E-state index is 0.933. The number of allylic oxidation sites excluding steroid dienone is 4. The largest absolute Gasteiger partial charge is 0.516 e. The number of hydrogen-bond donors (Lipinski definition) is 1. The molecule has 1 aromatic rings. The number of aliphatic hydroxyl groups excluding tert-OH is 1. The lowest BCUT2D eigenvalue weighted by Gasteiger charge is -2.00. The van der Waals surface area contributed by atoms with Crippen LogP contribution in [0.25, 0.3) is 5.57 Å². The second-order valence-electron chi connectivity index (χ2n) is 3.09. The summed E-state index contributed by atoms with van der Waals surface area (Å²) in [5, 5.41) is 8.42. The van der Waals surface area contributed by atoms with E-state index in [1.807, 2.05) is 18.2 Å². The first-order chi connectivity index (χ1) is 6.74. The molecule has 0 heterocycles. The van der Waals surface area contributed by atoms with Gasteiger partial charge in [-0.3, -0.25) is 0 Å². The average molecular weight is 186 g/mol. The monoisotopic (exact) mass is 186 g/mol. The Hall–Kier alpha value is -1.76. The molecule has 0 aliphatic rings. The third-order valence-corrected chi connectivity index (χ3v) is 1.92. The highest BCUT2D eigenvalue weighted by Crippen LogP contribution is 2.14. The Bertz CT molecular complexity index is 355. The van der Waals surface area contributed by atoms with Gasteiger partial charge in [0.2, 0.25) is 0 Å². The Balaban J connectivity index is 2.75. The van der Waals surface area contributed by atoms with Gasteiger partial charge in [0.25, 0.3) is 0 Å². The molecular weight excluding hydrogens is 172 g/mol. The van der Waals surface area contributed by atoms with Gasteiger partial charge in [-0.1, -0.05) is 48.6 Å². The summed E-state index contributed by atoms with van der Waals surface area (Å²) in [5.74, 6) is 0. The van der Waals surface area contributed by atoms with Crippen LogP contribution in [0.15, 0.2) is 55.3 Å². The lowest BCUT2D eigenvalue weighted by Crippen LogP contribution is -1.79. The molecule has 0 atom stereocenters. The van der Waals surface area contributed by atoms with Crippen molar-refractivity contribution < 1.29 is 5.11 Å². The highest BCUT2D eigenvalue weighted by atomic mass is 16.2. The molecule has 14 heavy (non-hydrogen) atoms. The van der Waals surface area contributed by atoms with Crippen molar-refractivity contribution in [1.29, 1.82) is 0 Å². The third kappa shape index (κ3) is 2.94. The minimum absolute atomic E-state index is 0.933. The molecule has 0 amide bonds. The Labute approximate surface area is 84.7 Å². The predicted octanol–water partition coefficient (Wildman–Crippen LogP) is 3.64. The SMILES string of the molecule is C=C(/C=C\C=C/O)c1ccc(C)cc1. The van der Waals surface area contributed by atoms with Gasteiger partial charge in [0, 0.05) is 0 Å². The summed E-state index contributed by atoms with van der Waals surface area (Å²) in [6, 6.07) is 8.17. The van der Waals surface area contributed by atoms with Crippen LogP contribution in [0.1, 0.15) is 11.1 Å². The molecule has 1 aromatic carbocycles. The van der Waals surface area contributed by atoms with E-state index in [-0.39, 0.29) is 0 Å². The Morgan fingerprint density at radius 2 is 1.86 bits per heavy atom. The van der Waals surface area contributed by atoms with E-state index in [9.17, 15) is 0 Å². The van der Waals surface area contributed by atoms with Crippen molar-refractivity contribution in [3.05, 3.63) is 66.5 Å². The molecular formula is C13H14O. The van der Waals surface area contributed by atoms with Crippen LogP contribution in [0.4, 0.5) is 0 Å². The zero-order valence-corrected chi connectivity index (χ0v) is 8.27. The van der Waals surface area contributed by atoms with Crippen molar-refractivity contribution in [3.63, 3.8) is 0 Å². The molecule has 0 fully saturated rings. The van der Waals surface area contributed by atoms with Crippen molar-refractivity contribution >= 4 is 5.57 Å². The molecule has 72 valence electrons. The van der Waals surface area contributed by atoms with E-state index < -0.39 is 0 Å². The summed E-state index contributed by atoms with van der Waals surface area (Å²) in [6.07, 6.45) is 6.16. The molecule has 1 nitrogen and oxygen atoms in total. The quantitative estimate of drug-likeness (QED) is 0.564. The molecule has 0 spiro atoms. The highest BCUT2D eigenvalue weighted by molar-refractivity contribution is 5.72. The smallest absolute Gasteiger partial charge is 0.0791 e. The molecule has 1 heteroatoms. The van der Waals surface area contributed by atoms with E-state index in [1.165, 1.54) is 5.56 Å². The molecule has 0 saturated carbocycles. The maximum atomic E-state index is 8.42. The van der Waals surface area contributed by atoms with Crippen LogP contribution >= 0.6 is 0 Å². The van der Waals surface area contributed by atoms with E-state index in [2.05, 4.69) is 25.6 Å². The maximum absolute atomic E-state index is 8.42. The number of hydrogen-bond acceptors (Lipinski definition) is 1. The van der Waals surface area contributed by atoms with Crippen molar-refractivity contribution in [3.8, 4) is 0 Å².